The second-order valence-corrected chi connectivity index (χ2v) is 8.36. The van der Waals surface area contributed by atoms with E-state index >= 15 is 0 Å². The molecule has 178 valence electrons. The first-order valence-electron chi connectivity index (χ1n) is 11.3. The number of aromatic hydroxyl groups is 1. The summed E-state index contributed by atoms with van der Waals surface area (Å²) < 4.78 is 0. The van der Waals surface area contributed by atoms with Crippen LogP contribution in [0.5, 0.6) is 5.75 Å². The zero-order chi connectivity index (χ0) is 25.1. The van der Waals surface area contributed by atoms with Crippen LogP contribution in [0.25, 0.3) is 21.5 Å². The average Bonchev–Trinajstić information content (AvgIpc) is 2.89. The third-order valence-corrected chi connectivity index (χ3v) is 5.88. The number of aryl methyl sites for hydroxylation is 1. The number of fused-ring (bicyclic) bond motifs is 2. The SMILES string of the molecule is Cc1cc2ccc(N)cc2c(O)c1N=Nc1ccc(N=Nc2ccc(COO)cc2)c2ccccc12. The van der Waals surface area contributed by atoms with Gasteiger partial charge in [-0.2, -0.15) is 5.11 Å². The molecule has 8 nitrogen and oxygen atoms in total. The lowest BCUT2D eigenvalue weighted by Gasteiger charge is -2.09. The molecule has 0 radical (unpaired) electrons. The van der Waals surface area contributed by atoms with Crippen molar-refractivity contribution in [3.8, 4) is 5.75 Å². The van der Waals surface area contributed by atoms with Crippen LogP contribution in [-0.2, 0) is 11.5 Å². The lowest BCUT2D eigenvalue weighted by molar-refractivity contribution is -0.253. The summed E-state index contributed by atoms with van der Waals surface area (Å²) in [6.45, 7) is 2.00. The van der Waals surface area contributed by atoms with Crippen LogP contribution in [0.1, 0.15) is 11.1 Å². The molecule has 5 rings (SSSR count). The second kappa shape index (κ2) is 9.91. The molecule has 0 spiro atoms. The Morgan fingerprint density at radius 2 is 1.42 bits per heavy atom. The average molecular weight is 478 g/mol. The molecule has 0 heterocycles. The van der Waals surface area contributed by atoms with Gasteiger partial charge in [-0.25, -0.2) is 4.89 Å². The summed E-state index contributed by atoms with van der Waals surface area (Å²) in [6, 6.07) is 26.0. The van der Waals surface area contributed by atoms with E-state index in [2.05, 4.69) is 25.3 Å². The minimum atomic E-state index is 0.0485. The molecule has 0 bridgehead atoms. The molecule has 0 aliphatic heterocycles. The summed E-state index contributed by atoms with van der Waals surface area (Å²) in [4.78, 5) is 4.15. The highest BCUT2D eigenvalue weighted by Crippen LogP contribution is 2.41. The number of nitrogens with two attached hydrogens (primary N) is 1. The van der Waals surface area contributed by atoms with E-state index in [1.807, 2.05) is 67.6 Å². The highest BCUT2D eigenvalue weighted by atomic mass is 17.1. The van der Waals surface area contributed by atoms with Gasteiger partial charge in [-0.1, -0.05) is 42.5 Å². The maximum absolute atomic E-state index is 10.9. The Morgan fingerprint density at radius 1 is 0.750 bits per heavy atom. The van der Waals surface area contributed by atoms with Crippen LogP contribution in [-0.4, -0.2) is 10.4 Å². The Bertz CT molecular complexity index is 1630. The number of benzene rings is 5. The monoisotopic (exact) mass is 477 g/mol. The molecule has 0 saturated heterocycles. The Morgan fingerprint density at radius 3 is 2.08 bits per heavy atom. The van der Waals surface area contributed by atoms with Crippen LogP contribution in [0.3, 0.4) is 0 Å². The summed E-state index contributed by atoms with van der Waals surface area (Å²) in [5.41, 5.74) is 10.5. The van der Waals surface area contributed by atoms with E-state index in [1.54, 1.807) is 24.3 Å². The Labute approximate surface area is 207 Å². The first kappa shape index (κ1) is 23.1. The fourth-order valence-corrected chi connectivity index (χ4v) is 4.04. The predicted molar refractivity (Wildman–Crippen MR) is 141 cm³/mol. The van der Waals surface area contributed by atoms with E-state index in [1.165, 1.54) is 0 Å². The molecule has 5 aromatic rings. The summed E-state index contributed by atoms with van der Waals surface area (Å²) in [6.07, 6.45) is 0. The smallest absolute Gasteiger partial charge is 0.151 e. The van der Waals surface area contributed by atoms with Gasteiger partial charge in [0.15, 0.2) is 5.75 Å². The third kappa shape index (κ3) is 4.63. The number of nitrogens with zero attached hydrogens (tertiary/aromatic N) is 4. The van der Waals surface area contributed by atoms with E-state index in [0.717, 1.165) is 27.3 Å². The standard InChI is InChI=1S/C28H23N5O3/c1-17-14-19-8-9-20(29)15-24(19)28(34)27(17)33-32-26-13-12-25(22-4-2-3-5-23(22)26)31-30-21-10-6-18(7-11-21)16-36-35/h2-15,34-35H,16,29H2,1H3. The molecule has 8 heteroatoms. The van der Waals surface area contributed by atoms with Gasteiger partial charge in [0.05, 0.1) is 17.1 Å². The minimum absolute atomic E-state index is 0.0485. The number of hydrogen-bond donors (Lipinski definition) is 3. The second-order valence-electron chi connectivity index (χ2n) is 8.36. The Balaban J connectivity index is 1.49. The van der Waals surface area contributed by atoms with Crippen LogP contribution in [0.2, 0.25) is 0 Å². The molecule has 4 N–H and O–H groups in total. The molecule has 0 saturated carbocycles. The van der Waals surface area contributed by atoms with Crippen molar-refractivity contribution in [2.45, 2.75) is 13.5 Å². The van der Waals surface area contributed by atoms with Crippen molar-refractivity contribution in [3.05, 3.63) is 96.1 Å². The number of phenols is 1. The third-order valence-electron chi connectivity index (χ3n) is 5.88. The first-order valence-corrected chi connectivity index (χ1v) is 11.3. The van der Waals surface area contributed by atoms with Gasteiger partial charge in [0.2, 0.25) is 0 Å². The molecule has 0 unspecified atom stereocenters. The predicted octanol–water partition coefficient (Wildman–Crippen LogP) is 8.41. The van der Waals surface area contributed by atoms with E-state index in [4.69, 9.17) is 11.0 Å². The summed E-state index contributed by atoms with van der Waals surface area (Å²) in [5.74, 6) is 0.0485. The highest BCUT2D eigenvalue weighted by molar-refractivity contribution is 6.00. The summed E-state index contributed by atoms with van der Waals surface area (Å²) in [7, 11) is 0. The van der Waals surface area contributed by atoms with Crippen LogP contribution in [0.4, 0.5) is 28.4 Å². The topological polar surface area (TPSA) is 125 Å². The number of hydrogen-bond acceptors (Lipinski definition) is 8. The van der Waals surface area contributed by atoms with Gasteiger partial charge in [-0.15, -0.1) is 15.3 Å². The van der Waals surface area contributed by atoms with Gasteiger partial charge in [0, 0.05) is 21.8 Å². The highest BCUT2D eigenvalue weighted by Gasteiger charge is 2.11. The maximum Gasteiger partial charge on any atom is 0.151 e. The molecule has 0 atom stereocenters. The van der Waals surface area contributed by atoms with Gasteiger partial charge in [0.25, 0.3) is 0 Å². The molecule has 0 amide bonds. The summed E-state index contributed by atoms with van der Waals surface area (Å²) >= 11 is 0. The van der Waals surface area contributed by atoms with Crippen molar-refractivity contribution in [1.29, 1.82) is 0 Å². The lowest BCUT2D eigenvalue weighted by atomic mass is 10.0. The van der Waals surface area contributed by atoms with E-state index in [0.29, 0.717) is 33.8 Å². The number of rotatable bonds is 6. The van der Waals surface area contributed by atoms with Gasteiger partial charge >= 0.3 is 0 Å². The molecule has 0 aromatic heterocycles. The fraction of sp³-hybridized carbons (Fsp3) is 0.0714. The lowest BCUT2D eigenvalue weighted by Crippen LogP contribution is -1.86. The zero-order valence-corrected chi connectivity index (χ0v) is 19.5. The molecule has 5 aromatic carbocycles. The van der Waals surface area contributed by atoms with Crippen LogP contribution in [0, 0.1) is 6.92 Å². The normalized spacial score (nSPS) is 11.8. The number of azo groups is 2. The quantitative estimate of drug-likeness (QED) is 0.0982. The number of phenolic OH excluding ortho intramolecular Hbond substituents is 1. The largest absolute Gasteiger partial charge is 0.505 e. The Kier molecular flexibility index (Phi) is 6.36. The van der Waals surface area contributed by atoms with Crippen molar-refractivity contribution in [3.63, 3.8) is 0 Å². The van der Waals surface area contributed by atoms with E-state index in [-0.39, 0.29) is 12.4 Å². The zero-order valence-electron chi connectivity index (χ0n) is 19.5. The Hall–Kier alpha value is -4.66. The molecular formula is C28H23N5O3. The van der Waals surface area contributed by atoms with Crippen LogP contribution in [0.15, 0.2) is 105 Å². The van der Waals surface area contributed by atoms with E-state index in [9.17, 15) is 5.11 Å². The minimum Gasteiger partial charge on any atom is -0.505 e. The fourth-order valence-electron chi connectivity index (χ4n) is 4.04. The molecule has 0 fully saturated rings. The van der Waals surface area contributed by atoms with Gasteiger partial charge in [-0.3, -0.25) is 5.26 Å². The van der Waals surface area contributed by atoms with Crippen LogP contribution < -0.4 is 5.73 Å². The van der Waals surface area contributed by atoms with Gasteiger partial charge in [-0.05, 0) is 65.9 Å². The van der Waals surface area contributed by atoms with Crippen molar-refractivity contribution in [2.24, 2.45) is 20.5 Å². The van der Waals surface area contributed by atoms with Gasteiger partial charge in [0.1, 0.15) is 12.3 Å². The maximum atomic E-state index is 10.9. The molecular weight excluding hydrogens is 454 g/mol. The summed E-state index contributed by atoms with van der Waals surface area (Å²) in [5, 5.41) is 40.3. The van der Waals surface area contributed by atoms with Crippen molar-refractivity contribution < 1.29 is 15.3 Å². The van der Waals surface area contributed by atoms with Crippen LogP contribution >= 0.6 is 0 Å². The van der Waals surface area contributed by atoms with E-state index < -0.39 is 0 Å². The van der Waals surface area contributed by atoms with Gasteiger partial charge < -0.3 is 10.8 Å². The number of nitrogen functional groups attached to an aromatic ring is 1. The number of anilines is 1. The first-order chi connectivity index (χ1) is 17.5. The van der Waals surface area contributed by atoms with Crippen molar-refractivity contribution >= 4 is 50.0 Å². The molecule has 0 aliphatic rings. The van der Waals surface area contributed by atoms with Crippen molar-refractivity contribution in [1.82, 2.24) is 0 Å². The van der Waals surface area contributed by atoms with Crippen molar-refractivity contribution in [2.75, 3.05) is 5.73 Å². The molecule has 36 heavy (non-hydrogen) atoms. The molecule has 0 aliphatic carbocycles.